The van der Waals surface area contributed by atoms with Crippen LogP contribution < -0.4 is 19.9 Å². The maximum atomic E-state index is 12.3. The van der Waals surface area contributed by atoms with Crippen LogP contribution in [0.1, 0.15) is 15.9 Å². The number of amides is 2. The van der Waals surface area contributed by atoms with Crippen LogP contribution in [0.3, 0.4) is 0 Å². The number of carbonyl (C=O) groups excluding carboxylic acids is 2. The molecule has 0 aliphatic carbocycles. The molecule has 0 spiro atoms. The van der Waals surface area contributed by atoms with Gasteiger partial charge in [0.15, 0.2) is 0 Å². The van der Waals surface area contributed by atoms with Gasteiger partial charge in [0.05, 0.1) is 24.6 Å². The van der Waals surface area contributed by atoms with Gasteiger partial charge in [0, 0.05) is 5.02 Å². The molecular weight excluding hydrogens is 406 g/mol. The number of ether oxygens (including phenoxy) is 1. The van der Waals surface area contributed by atoms with E-state index in [0.29, 0.717) is 16.3 Å². The first-order valence-electron chi connectivity index (χ1n) is 8.09. The van der Waals surface area contributed by atoms with E-state index in [2.05, 4.69) is 10.9 Å². The summed E-state index contributed by atoms with van der Waals surface area (Å²) in [6.07, 6.45) is 1.00. The van der Waals surface area contributed by atoms with Crippen molar-refractivity contribution < 1.29 is 22.7 Å². The van der Waals surface area contributed by atoms with Gasteiger partial charge in [-0.2, -0.15) is 0 Å². The summed E-state index contributed by atoms with van der Waals surface area (Å²) in [5, 5.41) is 0.320. The Labute approximate surface area is 168 Å². The molecule has 0 bridgehead atoms. The number of rotatable bonds is 6. The van der Waals surface area contributed by atoms with E-state index in [0.717, 1.165) is 10.6 Å². The number of benzene rings is 2. The monoisotopic (exact) mass is 425 g/mol. The summed E-state index contributed by atoms with van der Waals surface area (Å²) in [6.45, 7) is 1.23. The van der Waals surface area contributed by atoms with E-state index in [4.69, 9.17) is 16.3 Å². The van der Waals surface area contributed by atoms with Crippen molar-refractivity contribution in [3.63, 3.8) is 0 Å². The second-order valence-electron chi connectivity index (χ2n) is 5.90. The molecule has 0 saturated heterocycles. The highest BCUT2D eigenvalue weighted by Crippen LogP contribution is 2.23. The lowest BCUT2D eigenvalue weighted by Gasteiger charge is -2.23. The summed E-state index contributed by atoms with van der Waals surface area (Å²) in [6, 6.07) is 11.2. The molecule has 8 nitrogen and oxygen atoms in total. The molecule has 0 aliphatic heterocycles. The smallest absolute Gasteiger partial charge is 0.273 e. The largest absolute Gasteiger partial charge is 0.496 e. The van der Waals surface area contributed by atoms with Crippen LogP contribution in [0.2, 0.25) is 5.02 Å². The lowest BCUT2D eigenvalue weighted by Crippen LogP contribution is -2.47. The Kier molecular flexibility index (Phi) is 6.87. The van der Waals surface area contributed by atoms with Crippen LogP contribution in [0.5, 0.6) is 5.75 Å². The summed E-state index contributed by atoms with van der Waals surface area (Å²) in [5.41, 5.74) is 5.61. The van der Waals surface area contributed by atoms with Gasteiger partial charge in [0.25, 0.3) is 11.8 Å². The minimum absolute atomic E-state index is 0.120. The van der Waals surface area contributed by atoms with Gasteiger partial charge in [-0.15, -0.1) is 0 Å². The number of para-hydroxylation sites is 1. The number of anilines is 1. The number of aryl methyl sites for hydroxylation is 1. The third-order valence-electron chi connectivity index (χ3n) is 3.79. The first-order valence-corrected chi connectivity index (χ1v) is 10.3. The lowest BCUT2D eigenvalue weighted by molar-refractivity contribution is -0.120. The molecule has 0 saturated carbocycles. The number of sulfonamides is 1. The average Bonchev–Trinajstić information content (AvgIpc) is 2.64. The second kappa shape index (κ2) is 8.94. The van der Waals surface area contributed by atoms with Crippen molar-refractivity contribution >= 4 is 39.1 Å². The van der Waals surface area contributed by atoms with Crippen LogP contribution in [0, 0.1) is 6.92 Å². The number of nitrogens with one attached hydrogen (secondary N) is 2. The van der Waals surface area contributed by atoms with E-state index >= 15 is 0 Å². The first-order chi connectivity index (χ1) is 13.1. The maximum Gasteiger partial charge on any atom is 0.273 e. The highest BCUT2D eigenvalue weighted by atomic mass is 35.5. The molecule has 2 N–H and O–H groups in total. The fourth-order valence-corrected chi connectivity index (χ4v) is 3.53. The first kappa shape index (κ1) is 21.5. The van der Waals surface area contributed by atoms with Gasteiger partial charge in [0.2, 0.25) is 10.0 Å². The molecule has 2 aromatic carbocycles. The predicted molar refractivity (Wildman–Crippen MR) is 107 cm³/mol. The van der Waals surface area contributed by atoms with Crippen molar-refractivity contribution in [1.82, 2.24) is 10.9 Å². The van der Waals surface area contributed by atoms with Crippen molar-refractivity contribution in [1.29, 1.82) is 0 Å². The zero-order valence-electron chi connectivity index (χ0n) is 15.5. The molecule has 0 radical (unpaired) electrons. The van der Waals surface area contributed by atoms with E-state index in [9.17, 15) is 18.0 Å². The summed E-state index contributed by atoms with van der Waals surface area (Å²) >= 11 is 5.89. The normalized spacial score (nSPS) is 10.9. The molecule has 0 aromatic heterocycles. The van der Waals surface area contributed by atoms with Crippen molar-refractivity contribution in [2.45, 2.75) is 6.92 Å². The number of methoxy groups -OCH3 is 1. The zero-order chi connectivity index (χ0) is 20.9. The van der Waals surface area contributed by atoms with Crippen molar-refractivity contribution in [2.24, 2.45) is 0 Å². The van der Waals surface area contributed by atoms with Crippen LogP contribution in [0.25, 0.3) is 0 Å². The standard InChI is InChI=1S/C18H20ClN3O5S/c1-12-6-4-5-7-15(12)22(28(3,25)26)11-17(23)20-21-18(24)14-10-13(19)8-9-16(14)27-2/h4-10H,11H2,1-3H3,(H,20,23)(H,21,24). The quantitative estimate of drug-likeness (QED) is 0.687. The van der Waals surface area contributed by atoms with E-state index in [1.54, 1.807) is 37.3 Å². The van der Waals surface area contributed by atoms with Crippen LogP contribution in [-0.4, -0.2) is 40.1 Å². The average molecular weight is 426 g/mol. The summed E-state index contributed by atoms with van der Waals surface area (Å²) in [5.74, 6) is -1.11. The number of hydrogen-bond donors (Lipinski definition) is 2. The fraction of sp³-hybridized carbons (Fsp3) is 0.222. The van der Waals surface area contributed by atoms with Gasteiger partial charge >= 0.3 is 0 Å². The van der Waals surface area contributed by atoms with E-state index < -0.39 is 28.4 Å². The number of carbonyl (C=O) groups is 2. The fourth-order valence-electron chi connectivity index (χ4n) is 2.45. The Hall–Kier alpha value is -2.78. The van der Waals surface area contributed by atoms with Gasteiger partial charge in [-0.25, -0.2) is 8.42 Å². The number of nitrogens with zero attached hydrogens (tertiary/aromatic N) is 1. The van der Waals surface area contributed by atoms with Gasteiger partial charge in [-0.05, 0) is 36.8 Å². The summed E-state index contributed by atoms with van der Waals surface area (Å²) < 4.78 is 30.3. The van der Waals surface area contributed by atoms with Crippen molar-refractivity contribution in [2.75, 3.05) is 24.2 Å². The minimum atomic E-state index is -3.72. The third-order valence-corrected chi connectivity index (χ3v) is 5.15. The third kappa shape index (κ3) is 5.37. The minimum Gasteiger partial charge on any atom is -0.496 e. The molecule has 2 rings (SSSR count). The zero-order valence-corrected chi connectivity index (χ0v) is 17.1. The molecule has 0 atom stereocenters. The van der Waals surface area contributed by atoms with Gasteiger partial charge in [-0.3, -0.25) is 24.7 Å². The van der Waals surface area contributed by atoms with Gasteiger partial charge in [0.1, 0.15) is 12.3 Å². The van der Waals surface area contributed by atoms with Gasteiger partial charge in [-0.1, -0.05) is 29.8 Å². The number of hydrogen-bond acceptors (Lipinski definition) is 5. The lowest BCUT2D eigenvalue weighted by atomic mass is 10.2. The van der Waals surface area contributed by atoms with Crippen molar-refractivity contribution in [3.05, 3.63) is 58.6 Å². The molecule has 0 aliphatic rings. The topological polar surface area (TPSA) is 105 Å². The molecule has 28 heavy (non-hydrogen) atoms. The molecule has 150 valence electrons. The molecule has 2 amide bonds. The summed E-state index contributed by atoms with van der Waals surface area (Å²) in [4.78, 5) is 24.5. The Bertz CT molecular complexity index is 994. The maximum absolute atomic E-state index is 12.3. The Morgan fingerprint density at radius 2 is 1.82 bits per heavy atom. The van der Waals surface area contributed by atoms with E-state index in [-0.39, 0.29) is 11.3 Å². The van der Waals surface area contributed by atoms with E-state index in [1.807, 2.05) is 0 Å². The number of hydrazine groups is 1. The predicted octanol–water partition coefficient (Wildman–Crippen LogP) is 1.88. The van der Waals surface area contributed by atoms with Crippen LogP contribution >= 0.6 is 11.6 Å². The van der Waals surface area contributed by atoms with Crippen LogP contribution in [0.15, 0.2) is 42.5 Å². The number of halogens is 1. The van der Waals surface area contributed by atoms with E-state index in [1.165, 1.54) is 19.2 Å². The summed E-state index contributed by atoms with van der Waals surface area (Å²) in [7, 11) is -2.33. The molecule has 10 heteroatoms. The molecule has 2 aromatic rings. The van der Waals surface area contributed by atoms with Gasteiger partial charge < -0.3 is 4.74 Å². The SMILES string of the molecule is COc1ccc(Cl)cc1C(=O)NNC(=O)CN(c1ccccc1C)S(C)(=O)=O. The van der Waals surface area contributed by atoms with Crippen LogP contribution in [0.4, 0.5) is 5.69 Å². The van der Waals surface area contributed by atoms with Crippen molar-refractivity contribution in [3.8, 4) is 5.75 Å². The Balaban J connectivity index is 2.11. The van der Waals surface area contributed by atoms with Crippen LogP contribution in [-0.2, 0) is 14.8 Å². The highest BCUT2D eigenvalue weighted by Gasteiger charge is 2.22. The molecular formula is C18H20ClN3O5S. The molecule has 0 unspecified atom stereocenters. The Morgan fingerprint density at radius 1 is 1.14 bits per heavy atom. The Morgan fingerprint density at radius 3 is 2.43 bits per heavy atom. The molecule has 0 heterocycles. The highest BCUT2D eigenvalue weighted by molar-refractivity contribution is 7.92. The second-order valence-corrected chi connectivity index (χ2v) is 8.25. The molecule has 0 fully saturated rings.